The van der Waals surface area contributed by atoms with E-state index >= 15 is 0 Å². The number of anilines is 1. The summed E-state index contributed by atoms with van der Waals surface area (Å²) in [5.74, 6) is 0.983. The molecule has 1 aromatic carbocycles. The number of carbonyl (C=O) groups excluding carboxylic acids is 1. The van der Waals surface area contributed by atoms with E-state index in [0.717, 1.165) is 11.3 Å². The Morgan fingerprint density at radius 1 is 1.26 bits per heavy atom. The highest BCUT2D eigenvalue weighted by Crippen LogP contribution is 2.15. The van der Waals surface area contributed by atoms with Crippen LogP contribution >= 0.6 is 0 Å². The molecule has 1 aromatic heterocycles. The summed E-state index contributed by atoms with van der Waals surface area (Å²) < 4.78 is 28.2. The van der Waals surface area contributed by atoms with Crippen molar-refractivity contribution < 1.29 is 17.9 Å². The van der Waals surface area contributed by atoms with Crippen LogP contribution in [0.1, 0.15) is 22.5 Å². The van der Waals surface area contributed by atoms with Crippen LogP contribution in [0.15, 0.2) is 36.5 Å². The zero-order valence-electron chi connectivity index (χ0n) is 15.0. The molecular weight excluding hydrogens is 368 g/mol. The number of nitrogens with one attached hydrogen (secondary N) is 2. The van der Waals surface area contributed by atoms with E-state index in [1.165, 1.54) is 12.3 Å². The van der Waals surface area contributed by atoms with Gasteiger partial charge in [0.25, 0.3) is 5.91 Å². The van der Waals surface area contributed by atoms with Crippen molar-refractivity contribution in [1.29, 1.82) is 0 Å². The first kappa shape index (κ1) is 19.1. The fourth-order valence-corrected chi connectivity index (χ4v) is 4.52. The molecule has 0 spiro atoms. The number of ether oxygens (including phenoxy) is 1. The van der Waals surface area contributed by atoms with Crippen LogP contribution in [-0.4, -0.2) is 55.5 Å². The summed E-state index contributed by atoms with van der Waals surface area (Å²) >= 11 is 0. The van der Waals surface area contributed by atoms with Gasteiger partial charge in [-0.2, -0.15) is 0 Å². The predicted octanol–water partition coefficient (Wildman–Crippen LogP) is 1.06. The van der Waals surface area contributed by atoms with Crippen LogP contribution in [0.4, 0.5) is 5.95 Å². The Bertz CT molecular complexity index is 900. The molecule has 1 fully saturated rings. The normalized spacial score (nSPS) is 18.0. The van der Waals surface area contributed by atoms with E-state index in [4.69, 9.17) is 4.74 Å². The molecule has 3 rings (SSSR count). The van der Waals surface area contributed by atoms with Gasteiger partial charge in [0, 0.05) is 18.8 Å². The SMILES string of the molecule is COc1ccc(CCNC(=O)c2ccnc(NC3CCS(=O)(=O)C3)n2)cc1. The van der Waals surface area contributed by atoms with Gasteiger partial charge in [0.2, 0.25) is 5.95 Å². The number of amides is 1. The first-order valence-electron chi connectivity index (χ1n) is 8.66. The molecule has 2 N–H and O–H groups in total. The molecule has 9 heteroatoms. The van der Waals surface area contributed by atoms with Crippen molar-refractivity contribution in [3.63, 3.8) is 0 Å². The molecule has 1 amide bonds. The number of carbonyl (C=O) groups is 1. The molecule has 1 unspecified atom stereocenters. The highest BCUT2D eigenvalue weighted by molar-refractivity contribution is 7.91. The second-order valence-electron chi connectivity index (χ2n) is 6.36. The fourth-order valence-electron chi connectivity index (χ4n) is 2.85. The Labute approximate surface area is 158 Å². The van der Waals surface area contributed by atoms with Crippen molar-refractivity contribution in [2.45, 2.75) is 18.9 Å². The fraction of sp³-hybridized carbons (Fsp3) is 0.389. The smallest absolute Gasteiger partial charge is 0.270 e. The molecule has 1 aliphatic rings. The van der Waals surface area contributed by atoms with Crippen molar-refractivity contribution in [3.8, 4) is 5.75 Å². The molecule has 0 radical (unpaired) electrons. The standard InChI is InChI=1S/C18H22N4O4S/c1-26-15-4-2-13(3-5-15)6-9-19-17(23)16-7-10-20-18(22-16)21-14-8-11-27(24,25)12-14/h2-5,7,10,14H,6,8-9,11-12H2,1H3,(H,19,23)(H,20,21,22). The van der Waals surface area contributed by atoms with Crippen LogP contribution in [-0.2, 0) is 16.3 Å². The van der Waals surface area contributed by atoms with Gasteiger partial charge in [-0.3, -0.25) is 4.79 Å². The summed E-state index contributed by atoms with van der Waals surface area (Å²) in [6.07, 6.45) is 2.69. The summed E-state index contributed by atoms with van der Waals surface area (Å²) in [4.78, 5) is 20.5. The Morgan fingerprint density at radius 2 is 2.04 bits per heavy atom. The monoisotopic (exact) mass is 390 g/mol. The van der Waals surface area contributed by atoms with E-state index in [9.17, 15) is 13.2 Å². The zero-order chi connectivity index (χ0) is 19.3. The van der Waals surface area contributed by atoms with Crippen LogP contribution in [0, 0.1) is 0 Å². The lowest BCUT2D eigenvalue weighted by Gasteiger charge is -2.11. The number of sulfone groups is 1. The van der Waals surface area contributed by atoms with Crippen LogP contribution in [0.2, 0.25) is 0 Å². The highest BCUT2D eigenvalue weighted by Gasteiger charge is 2.28. The summed E-state index contributed by atoms with van der Waals surface area (Å²) in [6.45, 7) is 0.471. The molecule has 144 valence electrons. The van der Waals surface area contributed by atoms with Gasteiger partial charge in [-0.05, 0) is 36.6 Å². The van der Waals surface area contributed by atoms with Crippen molar-refractivity contribution in [2.75, 3.05) is 30.5 Å². The summed E-state index contributed by atoms with van der Waals surface area (Å²) in [5, 5.41) is 5.82. The maximum atomic E-state index is 12.3. The van der Waals surface area contributed by atoms with E-state index < -0.39 is 9.84 Å². The molecular formula is C18H22N4O4S. The lowest BCUT2D eigenvalue weighted by Crippen LogP contribution is -2.27. The van der Waals surface area contributed by atoms with Crippen LogP contribution in [0.5, 0.6) is 5.75 Å². The molecule has 0 saturated carbocycles. The maximum Gasteiger partial charge on any atom is 0.270 e. The number of methoxy groups -OCH3 is 1. The topological polar surface area (TPSA) is 110 Å². The van der Waals surface area contributed by atoms with Gasteiger partial charge in [0.15, 0.2) is 9.84 Å². The van der Waals surface area contributed by atoms with Crippen LogP contribution in [0.3, 0.4) is 0 Å². The molecule has 1 aliphatic heterocycles. The molecule has 1 atom stereocenters. The van der Waals surface area contributed by atoms with Gasteiger partial charge in [0.05, 0.1) is 18.6 Å². The first-order chi connectivity index (χ1) is 12.9. The van der Waals surface area contributed by atoms with Gasteiger partial charge in [-0.1, -0.05) is 12.1 Å². The minimum atomic E-state index is -2.99. The average molecular weight is 390 g/mol. The maximum absolute atomic E-state index is 12.3. The first-order valence-corrected chi connectivity index (χ1v) is 10.5. The number of benzene rings is 1. The van der Waals surface area contributed by atoms with E-state index in [0.29, 0.717) is 19.4 Å². The number of hydrogen-bond acceptors (Lipinski definition) is 7. The minimum absolute atomic E-state index is 0.0641. The lowest BCUT2D eigenvalue weighted by atomic mass is 10.1. The molecule has 1 saturated heterocycles. The molecule has 2 aromatic rings. The third-order valence-corrected chi connectivity index (χ3v) is 6.08. The lowest BCUT2D eigenvalue weighted by molar-refractivity contribution is 0.0949. The van der Waals surface area contributed by atoms with E-state index in [-0.39, 0.29) is 35.1 Å². The Kier molecular flexibility index (Phi) is 5.90. The largest absolute Gasteiger partial charge is 0.497 e. The van der Waals surface area contributed by atoms with Gasteiger partial charge in [-0.25, -0.2) is 18.4 Å². The van der Waals surface area contributed by atoms with E-state index in [1.807, 2.05) is 24.3 Å². The van der Waals surface area contributed by atoms with Gasteiger partial charge in [0.1, 0.15) is 11.4 Å². The summed E-state index contributed by atoms with van der Waals surface area (Å²) in [7, 11) is -1.37. The van der Waals surface area contributed by atoms with Gasteiger partial charge >= 0.3 is 0 Å². The number of nitrogens with zero attached hydrogens (tertiary/aromatic N) is 2. The molecule has 2 heterocycles. The Balaban J connectivity index is 1.52. The molecule has 0 aliphatic carbocycles. The highest BCUT2D eigenvalue weighted by atomic mass is 32.2. The Hall–Kier alpha value is -2.68. The second-order valence-corrected chi connectivity index (χ2v) is 8.59. The van der Waals surface area contributed by atoms with Crippen molar-refractivity contribution in [1.82, 2.24) is 15.3 Å². The Morgan fingerprint density at radius 3 is 2.70 bits per heavy atom. The average Bonchev–Trinajstić information content (AvgIpc) is 3.00. The third kappa shape index (κ3) is 5.40. The van der Waals surface area contributed by atoms with Gasteiger partial charge in [-0.15, -0.1) is 0 Å². The number of aromatic nitrogens is 2. The molecule has 27 heavy (non-hydrogen) atoms. The summed E-state index contributed by atoms with van der Waals surface area (Å²) in [6, 6.07) is 8.97. The zero-order valence-corrected chi connectivity index (χ0v) is 15.8. The van der Waals surface area contributed by atoms with Crippen LogP contribution < -0.4 is 15.4 Å². The van der Waals surface area contributed by atoms with Crippen LogP contribution in [0.25, 0.3) is 0 Å². The number of rotatable bonds is 7. The van der Waals surface area contributed by atoms with E-state index in [1.54, 1.807) is 7.11 Å². The van der Waals surface area contributed by atoms with Crippen molar-refractivity contribution in [3.05, 3.63) is 47.8 Å². The quantitative estimate of drug-likeness (QED) is 0.727. The van der Waals surface area contributed by atoms with Gasteiger partial charge < -0.3 is 15.4 Å². The third-order valence-electron chi connectivity index (χ3n) is 4.31. The predicted molar refractivity (Wildman–Crippen MR) is 102 cm³/mol. The van der Waals surface area contributed by atoms with E-state index in [2.05, 4.69) is 20.6 Å². The second kappa shape index (κ2) is 8.34. The molecule has 8 nitrogen and oxygen atoms in total. The minimum Gasteiger partial charge on any atom is -0.497 e. The number of hydrogen-bond donors (Lipinski definition) is 2. The summed E-state index contributed by atoms with van der Waals surface area (Å²) in [5.41, 5.74) is 1.33. The van der Waals surface area contributed by atoms with Crippen molar-refractivity contribution >= 4 is 21.7 Å². The molecule has 0 bridgehead atoms. The van der Waals surface area contributed by atoms with Crippen molar-refractivity contribution in [2.24, 2.45) is 0 Å².